The summed E-state index contributed by atoms with van der Waals surface area (Å²) < 4.78 is 0. The molecule has 1 atom stereocenters. The molecular formula is C15H22N2. The van der Waals surface area contributed by atoms with Gasteiger partial charge in [-0.15, -0.1) is 0 Å². The van der Waals surface area contributed by atoms with Crippen LogP contribution in [-0.2, 0) is 6.54 Å². The van der Waals surface area contributed by atoms with Crippen molar-refractivity contribution in [1.82, 2.24) is 10.2 Å². The Morgan fingerprint density at radius 1 is 1.29 bits per heavy atom. The molecule has 1 spiro atoms. The van der Waals surface area contributed by atoms with Crippen LogP contribution in [-0.4, -0.2) is 30.1 Å². The Kier molecular flexibility index (Phi) is 2.72. The van der Waals surface area contributed by atoms with Gasteiger partial charge in [0.25, 0.3) is 0 Å². The molecular weight excluding hydrogens is 208 g/mol. The number of hydrogen-bond acceptors (Lipinski definition) is 2. The normalized spacial score (nSPS) is 26.2. The zero-order valence-corrected chi connectivity index (χ0v) is 10.8. The summed E-state index contributed by atoms with van der Waals surface area (Å²) in [4.78, 5) is 2.57. The highest BCUT2D eigenvalue weighted by Gasteiger charge is 2.60. The van der Waals surface area contributed by atoms with Crippen molar-refractivity contribution < 1.29 is 0 Å². The van der Waals surface area contributed by atoms with Gasteiger partial charge < -0.3 is 5.32 Å². The molecule has 0 amide bonds. The van der Waals surface area contributed by atoms with Gasteiger partial charge in [-0.05, 0) is 12.0 Å². The van der Waals surface area contributed by atoms with Gasteiger partial charge in [0.2, 0.25) is 0 Å². The minimum absolute atomic E-state index is 0.627. The van der Waals surface area contributed by atoms with E-state index in [0.29, 0.717) is 11.5 Å². The first-order chi connectivity index (χ1) is 8.18. The third-order valence-electron chi connectivity index (χ3n) is 4.05. The van der Waals surface area contributed by atoms with Crippen LogP contribution >= 0.6 is 0 Å². The van der Waals surface area contributed by atoms with Crippen LogP contribution in [0.3, 0.4) is 0 Å². The summed E-state index contributed by atoms with van der Waals surface area (Å²) >= 11 is 0. The summed E-state index contributed by atoms with van der Waals surface area (Å²) in [6.45, 7) is 8.17. The smallest absolute Gasteiger partial charge is 0.0234 e. The van der Waals surface area contributed by atoms with Gasteiger partial charge in [0, 0.05) is 37.1 Å². The van der Waals surface area contributed by atoms with Crippen molar-refractivity contribution in [3.63, 3.8) is 0 Å². The van der Waals surface area contributed by atoms with Crippen LogP contribution in [0.25, 0.3) is 0 Å². The molecule has 1 aliphatic heterocycles. The predicted molar refractivity (Wildman–Crippen MR) is 70.8 cm³/mol. The largest absolute Gasteiger partial charge is 0.311 e. The number of nitrogens with zero attached hydrogens (tertiary/aromatic N) is 1. The molecule has 2 nitrogen and oxygen atoms in total. The van der Waals surface area contributed by atoms with Gasteiger partial charge >= 0.3 is 0 Å². The Morgan fingerprint density at radius 2 is 2.00 bits per heavy atom. The topological polar surface area (TPSA) is 15.3 Å². The molecule has 2 fully saturated rings. The summed E-state index contributed by atoms with van der Waals surface area (Å²) in [5.41, 5.74) is 2.08. The Balaban J connectivity index is 1.47. The van der Waals surface area contributed by atoms with Crippen molar-refractivity contribution in [3.05, 3.63) is 35.9 Å². The van der Waals surface area contributed by atoms with Gasteiger partial charge in [-0.2, -0.15) is 0 Å². The van der Waals surface area contributed by atoms with E-state index in [2.05, 4.69) is 54.4 Å². The van der Waals surface area contributed by atoms with Crippen LogP contribution in [0.1, 0.15) is 25.8 Å². The van der Waals surface area contributed by atoms with Crippen LogP contribution in [0, 0.1) is 5.41 Å². The van der Waals surface area contributed by atoms with Gasteiger partial charge in [0.05, 0.1) is 0 Å². The lowest BCUT2D eigenvalue weighted by Crippen LogP contribution is -2.51. The summed E-state index contributed by atoms with van der Waals surface area (Å²) in [7, 11) is 0. The Labute approximate surface area is 104 Å². The predicted octanol–water partition coefficient (Wildman–Crippen LogP) is 2.26. The van der Waals surface area contributed by atoms with Gasteiger partial charge in [0.15, 0.2) is 0 Å². The first-order valence-corrected chi connectivity index (χ1v) is 6.70. The molecule has 17 heavy (non-hydrogen) atoms. The molecule has 1 saturated heterocycles. The van der Waals surface area contributed by atoms with Crippen molar-refractivity contribution in [2.45, 2.75) is 38.9 Å². The van der Waals surface area contributed by atoms with E-state index in [1.165, 1.54) is 25.1 Å². The fraction of sp³-hybridized carbons (Fsp3) is 0.600. The van der Waals surface area contributed by atoms with E-state index in [0.717, 1.165) is 12.6 Å². The standard InChI is InChI=1S/C15H22N2/c1-12(2)16-14-8-15(14)10-17(11-15)9-13-6-4-3-5-7-13/h3-7,12,14,16H,8-11H2,1-2H3. The SMILES string of the molecule is CC(C)NC1CC12CN(Cc1ccccc1)C2. The van der Waals surface area contributed by atoms with E-state index in [1.54, 1.807) is 0 Å². The zero-order valence-electron chi connectivity index (χ0n) is 10.8. The molecule has 3 rings (SSSR count). The summed E-state index contributed by atoms with van der Waals surface area (Å²) in [6, 6.07) is 12.2. The maximum absolute atomic E-state index is 3.67. The van der Waals surface area contributed by atoms with Crippen LogP contribution in [0.15, 0.2) is 30.3 Å². The summed E-state index contributed by atoms with van der Waals surface area (Å²) in [6.07, 6.45) is 1.39. The second kappa shape index (κ2) is 4.11. The van der Waals surface area contributed by atoms with E-state index >= 15 is 0 Å². The zero-order chi connectivity index (χ0) is 11.9. The molecule has 1 N–H and O–H groups in total. The van der Waals surface area contributed by atoms with Crippen molar-refractivity contribution in [2.75, 3.05) is 13.1 Å². The van der Waals surface area contributed by atoms with E-state index in [1.807, 2.05) is 0 Å². The van der Waals surface area contributed by atoms with Crippen molar-refractivity contribution in [1.29, 1.82) is 0 Å². The first-order valence-electron chi connectivity index (χ1n) is 6.70. The lowest BCUT2D eigenvalue weighted by molar-refractivity contribution is 0.0653. The molecule has 1 saturated carbocycles. The van der Waals surface area contributed by atoms with Gasteiger partial charge in [0.1, 0.15) is 0 Å². The maximum atomic E-state index is 3.67. The number of rotatable bonds is 4. The lowest BCUT2D eigenvalue weighted by Gasteiger charge is -2.41. The monoisotopic (exact) mass is 230 g/mol. The highest BCUT2D eigenvalue weighted by atomic mass is 15.3. The van der Waals surface area contributed by atoms with E-state index < -0.39 is 0 Å². The quantitative estimate of drug-likeness (QED) is 0.853. The minimum Gasteiger partial charge on any atom is -0.311 e. The highest BCUT2D eigenvalue weighted by Crippen LogP contribution is 2.53. The second-order valence-electron chi connectivity index (χ2n) is 6.07. The van der Waals surface area contributed by atoms with Crippen molar-refractivity contribution in [2.24, 2.45) is 5.41 Å². The molecule has 2 aliphatic rings. The Morgan fingerprint density at radius 3 is 2.65 bits per heavy atom. The molecule has 0 aromatic heterocycles. The van der Waals surface area contributed by atoms with E-state index in [-0.39, 0.29) is 0 Å². The molecule has 1 aromatic rings. The van der Waals surface area contributed by atoms with Crippen LogP contribution in [0.2, 0.25) is 0 Å². The number of nitrogens with one attached hydrogen (secondary N) is 1. The molecule has 0 bridgehead atoms. The Bertz CT molecular complexity index is 379. The fourth-order valence-corrected chi connectivity index (χ4v) is 3.13. The van der Waals surface area contributed by atoms with Gasteiger partial charge in [-0.3, -0.25) is 4.90 Å². The second-order valence-corrected chi connectivity index (χ2v) is 6.07. The average Bonchev–Trinajstić information content (AvgIpc) is 2.92. The summed E-state index contributed by atoms with van der Waals surface area (Å²) in [5, 5.41) is 3.67. The minimum atomic E-state index is 0.627. The number of likely N-dealkylation sites (tertiary alicyclic amines) is 1. The van der Waals surface area contributed by atoms with E-state index in [4.69, 9.17) is 0 Å². The molecule has 1 heterocycles. The summed E-state index contributed by atoms with van der Waals surface area (Å²) in [5.74, 6) is 0. The number of hydrogen-bond donors (Lipinski definition) is 1. The Hall–Kier alpha value is -0.860. The lowest BCUT2D eigenvalue weighted by atomic mass is 9.94. The first kappa shape index (κ1) is 11.2. The van der Waals surface area contributed by atoms with E-state index in [9.17, 15) is 0 Å². The van der Waals surface area contributed by atoms with Crippen LogP contribution in [0.5, 0.6) is 0 Å². The fourth-order valence-electron chi connectivity index (χ4n) is 3.13. The maximum Gasteiger partial charge on any atom is 0.0234 e. The molecule has 1 aliphatic carbocycles. The molecule has 2 heteroatoms. The van der Waals surface area contributed by atoms with Gasteiger partial charge in [-0.25, -0.2) is 0 Å². The number of benzene rings is 1. The molecule has 1 unspecified atom stereocenters. The van der Waals surface area contributed by atoms with Crippen molar-refractivity contribution in [3.8, 4) is 0 Å². The third-order valence-corrected chi connectivity index (χ3v) is 4.05. The highest BCUT2D eigenvalue weighted by molar-refractivity contribution is 5.20. The molecule has 92 valence electrons. The van der Waals surface area contributed by atoms with Crippen LogP contribution < -0.4 is 5.32 Å². The molecule has 0 radical (unpaired) electrons. The van der Waals surface area contributed by atoms with Crippen LogP contribution in [0.4, 0.5) is 0 Å². The van der Waals surface area contributed by atoms with Crippen molar-refractivity contribution >= 4 is 0 Å². The third kappa shape index (κ3) is 2.24. The average molecular weight is 230 g/mol. The van der Waals surface area contributed by atoms with Gasteiger partial charge in [-0.1, -0.05) is 44.2 Å². The molecule has 1 aromatic carbocycles.